The number of nitrogens with one attached hydrogen (secondary N) is 1. The molecule has 29 heavy (non-hydrogen) atoms. The summed E-state index contributed by atoms with van der Waals surface area (Å²) in [6.07, 6.45) is 1.78. The van der Waals surface area contributed by atoms with Crippen LogP contribution in [-0.4, -0.2) is 33.5 Å². The summed E-state index contributed by atoms with van der Waals surface area (Å²) in [6, 6.07) is 13.5. The normalized spacial score (nSPS) is 10.6. The monoisotopic (exact) mass is 408 g/mol. The summed E-state index contributed by atoms with van der Waals surface area (Å²) in [4.78, 5) is 12.4. The molecular weight excluding hydrogens is 384 g/mol. The molecule has 0 fully saturated rings. The number of anilines is 1. The number of aromatic nitrogens is 3. The molecular formula is C22H24N4O2S. The van der Waals surface area contributed by atoms with Crippen LogP contribution in [0.4, 0.5) is 5.69 Å². The van der Waals surface area contributed by atoms with E-state index in [-0.39, 0.29) is 11.7 Å². The first-order chi connectivity index (χ1) is 14.0. The predicted octanol–water partition coefficient (Wildman–Crippen LogP) is 4.49. The minimum Gasteiger partial charge on any atom is -0.496 e. The van der Waals surface area contributed by atoms with Gasteiger partial charge in [-0.3, -0.25) is 9.36 Å². The van der Waals surface area contributed by atoms with Crippen molar-refractivity contribution in [1.29, 1.82) is 0 Å². The number of ether oxygens (including phenoxy) is 1. The number of allylic oxidation sites excluding steroid dienone is 1. The second-order valence-electron chi connectivity index (χ2n) is 6.54. The van der Waals surface area contributed by atoms with E-state index in [1.807, 2.05) is 60.9 Å². The molecule has 0 atom stereocenters. The van der Waals surface area contributed by atoms with Crippen molar-refractivity contribution in [2.24, 2.45) is 0 Å². The number of nitrogens with zero attached hydrogens (tertiary/aromatic N) is 3. The van der Waals surface area contributed by atoms with Gasteiger partial charge in [0.15, 0.2) is 11.0 Å². The molecule has 1 heterocycles. The molecule has 0 unspecified atom stereocenters. The van der Waals surface area contributed by atoms with Crippen molar-refractivity contribution in [2.75, 3.05) is 18.2 Å². The highest BCUT2D eigenvalue weighted by Gasteiger charge is 2.17. The number of amides is 1. The number of hydrogen-bond donors (Lipinski definition) is 1. The molecule has 1 aromatic heterocycles. The number of benzene rings is 2. The summed E-state index contributed by atoms with van der Waals surface area (Å²) in [5, 5.41) is 12.2. The standard InChI is InChI=1S/C22H24N4O2S/c1-5-12-26-21(18-8-6-7-9-19(18)28-4)24-25-22(26)29-14-20(27)23-17-11-10-15(2)16(3)13-17/h5-11,13H,1,12,14H2,2-4H3,(H,23,27). The average molecular weight is 409 g/mol. The zero-order valence-electron chi connectivity index (χ0n) is 16.8. The van der Waals surface area contributed by atoms with Crippen LogP contribution in [0.25, 0.3) is 11.4 Å². The van der Waals surface area contributed by atoms with E-state index in [9.17, 15) is 4.79 Å². The number of thioether (sulfide) groups is 1. The van der Waals surface area contributed by atoms with Gasteiger partial charge in [0.2, 0.25) is 5.91 Å². The lowest BCUT2D eigenvalue weighted by atomic mass is 10.1. The molecule has 7 heteroatoms. The average Bonchev–Trinajstić information content (AvgIpc) is 3.12. The lowest BCUT2D eigenvalue weighted by Gasteiger charge is -2.11. The van der Waals surface area contributed by atoms with E-state index in [4.69, 9.17) is 4.74 Å². The fourth-order valence-electron chi connectivity index (χ4n) is 2.86. The fourth-order valence-corrected chi connectivity index (χ4v) is 3.61. The molecule has 2 aromatic carbocycles. The molecule has 0 saturated carbocycles. The number of carbonyl (C=O) groups excluding carboxylic acids is 1. The Morgan fingerprint density at radius 3 is 2.72 bits per heavy atom. The summed E-state index contributed by atoms with van der Waals surface area (Å²) in [5.74, 6) is 1.53. The highest BCUT2D eigenvalue weighted by atomic mass is 32.2. The first kappa shape index (κ1) is 20.7. The number of para-hydroxylation sites is 1. The van der Waals surface area contributed by atoms with Crippen molar-refractivity contribution in [3.63, 3.8) is 0 Å². The van der Waals surface area contributed by atoms with Crippen LogP contribution < -0.4 is 10.1 Å². The molecule has 6 nitrogen and oxygen atoms in total. The van der Waals surface area contributed by atoms with Gasteiger partial charge in [0.1, 0.15) is 5.75 Å². The fraction of sp³-hybridized carbons (Fsp3) is 0.227. The van der Waals surface area contributed by atoms with E-state index in [1.54, 1.807) is 13.2 Å². The van der Waals surface area contributed by atoms with Gasteiger partial charge < -0.3 is 10.1 Å². The van der Waals surface area contributed by atoms with Crippen molar-refractivity contribution < 1.29 is 9.53 Å². The lowest BCUT2D eigenvalue weighted by Crippen LogP contribution is -2.15. The van der Waals surface area contributed by atoms with Crippen molar-refractivity contribution in [3.8, 4) is 17.1 Å². The van der Waals surface area contributed by atoms with E-state index in [1.165, 1.54) is 17.3 Å². The Kier molecular flexibility index (Phi) is 6.72. The van der Waals surface area contributed by atoms with Crippen LogP contribution in [0.15, 0.2) is 60.3 Å². The number of hydrogen-bond acceptors (Lipinski definition) is 5. The SMILES string of the molecule is C=CCn1c(SCC(=O)Nc2ccc(C)c(C)c2)nnc1-c1ccccc1OC. The third-order valence-electron chi connectivity index (χ3n) is 4.50. The summed E-state index contributed by atoms with van der Waals surface area (Å²) in [7, 11) is 1.62. The molecule has 3 rings (SSSR count). The van der Waals surface area contributed by atoms with Crippen LogP contribution in [0.3, 0.4) is 0 Å². The Labute approximate surface area is 175 Å². The van der Waals surface area contributed by atoms with Gasteiger partial charge in [-0.25, -0.2) is 0 Å². The molecule has 0 aliphatic heterocycles. The van der Waals surface area contributed by atoms with Gasteiger partial charge in [-0.2, -0.15) is 0 Å². The number of carbonyl (C=O) groups is 1. The van der Waals surface area contributed by atoms with Crippen LogP contribution in [0.5, 0.6) is 5.75 Å². The predicted molar refractivity (Wildman–Crippen MR) is 117 cm³/mol. The highest BCUT2D eigenvalue weighted by molar-refractivity contribution is 7.99. The van der Waals surface area contributed by atoms with Crippen molar-refractivity contribution in [1.82, 2.24) is 14.8 Å². The van der Waals surface area contributed by atoms with Gasteiger partial charge in [0.25, 0.3) is 0 Å². The largest absolute Gasteiger partial charge is 0.496 e. The topological polar surface area (TPSA) is 69.0 Å². The van der Waals surface area contributed by atoms with Gasteiger partial charge in [0, 0.05) is 12.2 Å². The van der Waals surface area contributed by atoms with E-state index in [0.717, 1.165) is 16.8 Å². The van der Waals surface area contributed by atoms with E-state index in [0.29, 0.717) is 23.3 Å². The number of rotatable bonds is 8. The molecule has 0 bridgehead atoms. The van der Waals surface area contributed by atoms with Crippen LogP contribution in [-0.2, 0) is 11.3 Å². The zero-order valence-corrected chi connectivity index (χ0v) is 17.6. The van der Waals surface area contributed by atoms with E-state index < -0.39 is 0 Å². The molecule has 1 N–H and O–H groups in total. The smallest absolute Gasteiger partial charge is 0.234 e. The third-order valence-corrected chi connectivity index (χ3v) is 5.47. The maximum Gasteiger partial charge on any atom is 0.234 e. The van der Waals surface area contributed by atoms with Crippen molar-refractivity contribution in [2.45, 2.75) is 25.5 Å². The molecule has 0 aliphatic rings. The first-order valence-electron chi connectivity index (χ1n) is 9.21. The molecule has 0 spiro atoms. The minimum absolute atomic E-state index is 0.0924. The number of methoxy groups -OCH3 is 1. The Hall–Kier alpha value is -3.06. The second-order valence-corrected chi connectivity index (χ2v) is 7.48. The zero-order chi connectivity index (χ0) is 20.8. The quantitative estimate of drug-likeness (QED) is 0.439. The van der Waals surface area contributed by atoms with E-state index in [2.05, 4.69) is 22.1 Å². The van der Waals surface area contributed by atoms with Crippen molar-refractivity contribution >= 4 is 23.4 Å². The molecule has 3 aromatic rings. The Balaban J connectivity index is 1.75. The Bertz CT molecular complexity index is 1030. The van der Waals surface area contributed by atoms with Crippen LogP contribution in [0.2, 0.25) is 0 Å². The van der Waals surface area contributed by atoms with Crippen LogP contribution in [0, 0.1) is 13.8 Å². The van der Waals surface area contributed by atoms with Gasteiger partial charge in [0.05, 0.1) is 18.4 Å². The highest BCUT2D eigenvalue weighted by Crippen LogP contribution is 2.31. The molecule has 1 amide bonds. The third kappa shape index (κ3) is 4.86. The van der Waals surface area contributed by atoms with Crippen molar-refractivity contribution in [3.05, 3.63) is 66.2 Å². The molecule has 150 valence electrons. The van der Waals surface area contributed by atoms with Gasteiger partial charge in [-0.1, -0.05) is 36.0 Å². The van der Waals surface area contributed by atoms with E-state index >= 15 is 0 Å². The summed E-state index contributed by atoms with van der Waals surface area (Å²) >= 11 is 1.34. The molecule has 0 radical (unpaired) electrons. The van der Waals surface area contributed by atoms with Crippen LogP contribution in [0.1, 0.15) is 11.1 Å². The first-order valence-corrected chi connectivity index (χ1v) is 10.2. The molecule has 0 saturated heterocycles. The van der Waals surface area contributed by atoms with Gasteiger partial charge >= 0.3 is 0 Å². The van der Waals surface area contributed by atoms with Gasteiger partial charge in [-0.15, -0.1) is 16.8 Å². The summed E-state index contributed by atoms with van der Waals surface area (Å²) < 4.78 is 7.38. The Morgan fingerprint density at radius 1 is 1.21 bits per heavy atom. The maximum atomic E-state index is 12.4. The molecule has 0 aliphatic carbocycles. The summed E-state index contributed by atoms with van der Waals surface area (Å²) in [5.41, 5.74) is 3.97. The van der Waals surface area contributed by atoms with Crippen LogP contribution >= 0.6 is 11.8 Å². The minimum atomic E-state index is -0.0924. The maximum absolute atomic E-state index is 12.4. The van der Waals surface area contributed by atoms with Gasteiger partial charge in [-0.05, 0) is 49.2 Å². The lowest BCUT2D eigenvalue weighted by molar-refractivity contribution is -0.113. The summed E-state index contributed by atoms with van der Waals surface area (Å²) in [6.45, 7) is 8.42. The Morgan fingerprint density at radius 2 is 2.00 bits per heavy atom. The second kappa shape index (κ2) is 9.43. The number of aryl methyl sites for hydroxylation is 2.